The Morgan fingerprint density at radius 2 is 1.82 bits per heavy atom. The third kappa shape index (κ3) is 5.49. The van der Waals surface area contributed by atoms with Crippen LogP contribution in [0.1, 0.15) is 57.6 Å². The van der Waals surface area contributed by atoms with Crippen molar-refractivity contribution in [3.05, 3.63) is 63.8 Å². The summed E-state index contributed by atoms with van der Waals surface area (Å²) >= 11 is 6.31. The Kier molecular flexibility index (Phi) is 9.78. The monoisotopic (exact) mass is 558 g/mol. The van der Waals surface area contributed by atoms with Gasteiger partial charge in [0.25, 0.3) is 5.91 Å². The Morgan fingerprint density at radius 3 is 2.41 bits per heavy atom. The van der Waals surface area contributed by atoms with Crippen LogP contribution in [0.4, 0.5) is 11.4 Å². The first kappa shape index (κ1) is 29.3. The van der Waals surface area contributed by atoms with Gasteiger partial charge in [0.1, 0.15) is 23.3 Å². The molecule has 0 saturated heterocycles. The molecule has 1 atom stereocenters. The van der Waals surface area contributed by atoms with Gasteiger partial charge in [0.15, 0.2) is 5.76 Å². The summed E-state index contributed by atoms with van der Waals surface area (Å²) in [6.45, 7) is 4.26. The zero-order valence-electron chi connectivity index (χ0n) is 22.6. The molecule has 1 aromatic carbocycles. The number of nitrogens with one attached hydrogen (secondary N) is 2. The van der Waals surface area contributed by atoms with Crippen molar-refractivity contribution in [3.63, 3.8) is 0 Å². The van der Waals surface area contributed by atoms with Crippen molar-refractivity contribution in [2.24, 2.45) is 5.18 Å². The van der Waals surface area contributed by atoms with Crippen LogP contribution in [0.5, 0.6) is 0 Å². The average Bonchev–Trinajstić information content (AvgIpc) is 3.69. The molecule has 0 spiro atoms. The third-order valence-corrected chi connectivity index (χ3v) is 6.48. The van der Waals surface area contributed by atoms with Gasteiger partial charge in [-0.3, -0.25) is 4.79 Å². The number of carbonyl (C=O) groups excluding carboxylic acids is 2. The van der Waals surface area contributed by atoms with Crippen LogP contribution in [0.3, 0.4) is 0 Å². The number of hydrogen-bond donors (Lipinski definition) is 2. The molecule has 4 rings (SSSR count). The van der Waals surface area contributed by atoms with Gasteiger partial charge in [-0.15, -0.1) is 16.5 Å². The van der Waals surface area contributed by atoms with Gasteiger partial charge in [0.2, 0.25) is 0 Å². The summed E-state index contributed by atoms with van der Waals surface area (Å²) in [7, 11) is 5.74. The standard InChI is InChI=1S/C25H25ClN4O7.C2H6/c1-34-6-5-13-7-17(27-22(13)20(36-3)12-35-2)24(31)30-11-14(10-26)21-15-8-18(25(32)37-4)28-23(15)16(29-33)9-19(21)30;1-2/h5-9,12,14,27-28H,10-11H2,1-4H3;1-2H3/b6-5+,20-12-;. The molecular weight excluding hydrogens is 528 g/mol. The first-order chi connectivity index (χ1) is 18.9. The van der Waals surface area contributed by atoms with Gasteiger partial charge in [-0.05, 0) is 35.0 Å². The van der Waals surface area contributed by atoms with Crippen LogP contribution in [0.2, 0.25) is 0 Å². The van der Waals surface area contributed by atoms with E-state index in [1.807, 2.05) is 13.8 Å². The maximum Gasteiger partial charge on any atom is 0.354 e. The van der Waals surface area contributed by atoms with Crippen LogP contribution in [0.25, 0.3) is 22.7 Å². The van der Waals surface area contributed by atoms with Crippen LogP contribution in [0.15, 0.2) is 35.9 Å². The van der Waals surface area contributed by atoms with E-state index in [1.54, 1.807) is 18.2 Å². The summed E-state index contributed by atoms with van der Waals surface area (Å²) in [5.41, 5.74) is 3.21. The maximum absolute atomic E-state index is 13.8. The van der Waals surface area contributed by atoms with Crippen molar-refractivity contribution >= 4 is 57.6 Å². The number of nitroso groups, excluding NO2 is 1. The fourth-order valence-electron chi connectivity index (χ4n) is 4.48. The first-order valence-corrected chi connectivity index (χ1v) is 12.6. The number of amides is 1. The van der Waals surface area contributed by atoms with Gasteiger partial charge in [-0.25, -0.2) is 4.79 Å². The van der Waals surface area contributed by atoms with Crippen molar-refractivity contribution in [2.45, 2.75) is 19.8 Å². The number of alkyl halides is 1. The van der Waals surface area contributed by atoms with Crippen LogP contribution in [-0.2, 0) is 18.9 Å². The van der Waals surface area contributed by atoms with Gasteiger partial charge in [-0.2, -0.15) is 0 Å². The lowest BCUT2D eigenvalue weighted by atomic mass is 9.98. The molecule has 2 N–H and O–H groups in total. The maximum atomic E-state index is 13.8. The molecule has 0 fully saturated rings. The minimum Gasteiger partial charge on any atom is -0.504 e. The first-order valence-electron chi connectivity index (χ1n) is 12.1. The highest BCUT2D eigenvalue weighted by Crippen LogP contribution is 2.46. The summed E-state index contributed by atoms with van der Waals surface area (Å²) in [4.78, 5) is 45.2. The molecule has 1 unspecified atom stereocenters. The van der Waals surface area contributed by atoms with E-state index in [1.165, 1.54) is 51.9 Å². The molecule has 1 aliphatic rings. The van der Waals surface area contributed by atoms with Gasteiger partial charge < -0.3 is 33.8 Å². The number of fused-ring (bicyclic) bond motifs is 3. The molecule has 0 radical (unpaired) electrons. The molecule has 208 valence electrons. The fraction of sp³-hybridized carbons (Fsp3) is 0.333. The van der Waals surface area contributed by atoms with E-state index in [0.29, 0.717) is 33.6 Å². The van der Waals surface area contributed by atoms with E-state index in [0.717, 1.165) is 5.56 Å². The molecule has 11 nitrogen and oxygen atoms in total. The zero-order chi connectivity index (χ0) is 28.7. The zero-order valence-corrected chi connectivity index (χ0v) is 23.3. The van der Waals surface area contributed by atoms with Crippen molar-refractivity contribution in [1.29, 1.82) is 0 Å². The highest BCUT2D eigenvalue weighted by Gasteiger charge is 2.36. The van der Waals surface area contributed by atoms with Gasteiger partial charge in [0.05, 0.1) is 51.6 Å². The smallest absolute Gasteiger partial charge is 0.354 e. The SMILES string of the molecule is CC.CO/C=C(\OC)c1[nH]c(C(=O)N2CC(CCl)c3c2cc(N=O)c2[nH]c(C(=O)OC)cc32)cc1/C=C/OC. The number of nitrogens with zero attached hydrogens (tertiary/aromatic N) is 2. The number of aromatic nitrogens is 2. The number of anilines is 1. The Labute approximate surface area is 230 Å². The number of benzene rings is 1. The van der Waals surface area contributed by atoms with Crippen LogP contribution in [-0.4, -0.2) is 62.7 Å². The Bertz CT molecular complexity index is 1420. The number of hydrogen-bond acceptors (Lipinski definition) is 8. The number of ether oxygens (including phenoxy) is 4. The highest BCUT2D eigenvalue weighted by atomic mass is 35.5. The van der Waals surface area contributed by atoms with Crippen molar-refractivity contribution in [1.82, 2.24) is 9.97 Å². The second-order valence-corrected chi connectivity index (χ2v) is 8.43. The predicted molar refractivity (Wildman–Crippen MR) is 150 cm³/mol. The normalized spacial score (nSPS) is 14.6. The van der Waals surface area contributed by atoms with E-state index in [4.69, 9.17) is 30.5 Å². The molecule has 2 aromatic heterocycles. The molecule has 0 aliphatic carbocycles. The number of rotatable bonds is 9. The fourth-order valence-corrected chi connectivity index (χ4v) is 4.73. The summed E-state index contributed by atoms with van der Waals surface area (Å²) in [6.07, 6.45) is 4.55. The summed E-state index contributed by atoms with van der Waals surface area (Å²) in [5, 5.41) is 3.70. The number of halogens is 1. The largest absolute Gasteiger partial charge is 0.504 e. The number of esters is 1. The van der Waals surface area contributed by atoms with E-state index in [2.05, 4.69) is 15.1 Å². The lowest BCUT2D eigenvalue weighted by molar-refractivity contribution is 0.0595. The van der Waals surface area contributed by atoms with Crippen molar-refractivity contribution < 1.29 is 28.5 Å². The van der Waals surface area contributed by atoms with Crippen molar-refractivity contribution in [3.8, 4) is 0 Å². The van der Waals surface area contributed by atoms with E-state index < -0.39 is 5.97 Å². The summed E-state index contributed by atoms with van der Waals surface area (Å²) in [5.74, 6) is -0.630. The quantitative estimate of drug-likeness (QED) is 0.144. The molecule has 0 saturated carbocycles. The van der Waals surface area contributed by atoms with Gasteiger partial charge in [-0.1, -0.05) is 13.8 Å². The van der Waals surface area contributed by atoms with Gasteiger partial charge >= 0.3 is 5.97 Å². The summed E-state index contributed by atoms with van der Waals surface area (Å²) < 4.78 is 20.4. The third-order valence-electron chi connectivity index (χ3n) is 6.10. The van der Waals surface area contributed by atoms with E-state index >= 15 is 0 Å². The number of H-pyrrole nitrogens is 2. The van der Waals surface area contributed by atoms with Crippen LogP contribution >= 0.6 is 11.6 Å². The molecule has 1 aliphatic heterocycles. The number of aromatic amines is 2. The Balaban J connectivity index is 0.00000205. The number of carbonyl (C=O) groups is 2. The minimum absolute atomic E-state index is 0.0533. The van der Waals surface area contributed by atoms with Crippen LogP contribution in [0, 0.1) is 4.91 Å². The molecule has 39 heavy (non-hydrogen) atoms. The predicted octanol–water partition coefficient (Wildman–Crippen LogP) is 5.90. The average molecular weight is 559 g/mol. The molecule has 12 heteroatoms. The molecule has 1 amide bonds. The van der Waals surface area contributed by atoms with Crippen molar-refractivity contribution in [2.75, 3.05) is 45.8 Å². The summed E-state index contributed by atoms with van der Waals surface area (Å²) in [6, 6.07) is 4.77. The second kappa shape index (κ2) is 13.0. The highest BCUT2D eigenvalue weighted by molar-refractivity contribution is 6.19. The van der Waals surface area contributed by atoms with E-state index in [-0.39, 0.29) is 41.3 Å². The topological polar surface area (TPSA) is 135 Å². The Hall–Kier alpha value is -4.25. The lowest BCUT2D eigenvalue weighted by Crippen LogP contribution is -2.30. The minimum atomic E-state index is -0.594. The Morgan fingerprint density at radius 1 is 1.08 bits per heavy atom. The lowest BCUT2D eigenvalue weighted by Gasteiger charge is -2.17. The molecule has 3 aromatic rings. The van der Waals surface area contributed by atoms with Gasteiger partial charge in [0, 0.05) is 29.3 Å². The molecule has 3 heterocycles. The molecule has 0 bridgehead atoms. The number of methoxy groups -OCH3 is 4. The molecular formula is C27H31ClN4O7. The van der Waals surface area contributed by atoms with E-state index in [9.17, 15) is 14.5 Å². The van der Waals surface area contributed by atoms with Crippen LogP contribution < -0.4 is 4.90 Å². The second-order valence-electron chi connectivity index (χ2n) is 8.12.